The molecule has 1 aromatic heterocycles. The number of aromatic nitrogens is 1. The topological polar surface area (TPSA) is 45.2 Å². The molecule has 0 spiro atoms. The summed E-state index contributed by atoms with van der Waals surface area (Å²) in [5.74, 6) is -0.135. The molecule has 0 bridgehead atoms. The van der Waals surface area contributed by atoms with Crippen LogP contribution >= 0.6 is 0 Å². The van der Waals surface area contributed by atoms with Gasteiger partial charge in [-0.05, 0) is 61.7 Å². The first-order chi connectivity index (χ1) is 16.4. The Morgan fingerprint density at radius 2 is 1.59 bits per heavy atom. The fourth-order valence-electron chi connectivity index (χ4n) is 4.71. The Morgan fingerprint density at radius 3 is 2.26 bits per heavy atom. The molecule has 4 nitrogen and oxygen atoms in total. The predicted octanol–water partition coefficient (Wildman–Crippen LogP) is 5.11. The van der Waals surface area contributed by atoms with Gasteiger partial charge in [-0.25, -0.2) is 0 Å². The molecular weight excluding hydrogens is 439 g/mol. The van der Waals surface area contributed by atoms with Crippen LogP contribution in [0.5, 0.6) is 0 Å². The molecule has 1 fully saturated rings. The summed E-state index contributed by atoms with van der Waals surface area (Å²) in [7, 11) is 0. The lowest BCUT2D eigenvalue weighted by Gasteiger charge is -2.42. The first kappa shape index (κ1) is 24.0. The number of carbonyl (C=O) groups excluding carboxylic acids is 1. The number of piperidine rings is 1. The number of likely N-dealkylation sites (tertiary alicyclic amines) is 1. The summed E-state index contributed by atoms with van der Waals surface area (Å²) in [6.07, 6.45) is 0.832. The Labute approximate surface area is 197 Å². The van der Waals surface area contributed by atoms with Gasteiger partial charge in [-0.2, -0.15) is 13.2 Å². The lowest BCUT2D eigenvalue weighted by atomic mass is 9.72. The van der Waals surface area contributed by atoms with Crippen molar-refractivity contribution in [1.29, 1.82) is 0 Å². The molecule has 2 aromatic carbocycles. The summed E-state index contributed by atoms with van der Waals surface area (Å²) in [4.78, 5) is 18.8. The lowest BCUT2D eigenvalue weighted by molar-refractivity contribution is -0.138. The number of rotatable bonds is 7. The van der Waals surface area contributed by atoms with E-state index in [-0.39, 0.29) is 11.3 Å². The van der Waals surface area contributed by atoms with E-state index in [4.69, 9.17) is 0 Å². The minimum absolute atomic E-state index is 0.135. The van der Waals surface area contributed by atoms with Crippen LogP contribution in [0.1, 0.15) is 39.9 Å². The summed E-state index contributed by atoms with van der Waals surface area (Å²) in [6.45, 7) is 2.59. The van der Waals surface area contributed by atoms with E-state index in [0.29, 0.717) is 30.6 Å². The van der Waals surface area contributed by atoms with Crippen LogP contribution < -0.4 is 5.32 Å². The van der Waals surface area contributed by atoms with E-state index in [1.165, 1.54) is 11.6 Å². The molecule has 1 N–H and O–H groups in total. The van der Waals surface area contributed by atoms with Crippen molar-refractivity contribution in [1.82, 2.24) is 15.2 Å². The molecule has 0 atom stereocenters. The van der Waals surface area contributed by atoms with Gasteiger partial charge in [0.2, 0.25) is 0 Å². The van der Waals surface area contributed by atoms with Gasteiger partial charge in [0, 0.05) is 36.5 Å². The maximum absolute atomic E-state index is 13.3. The Hall–Kier alpha value is -3.19. The van der Waals surface area contributed by atoms with Gasteiger partial charge in [0.05, 0.1) is 5.56 Å². The number of halogens is 3. The Kier molecular flexibility index (Phi) is 7.32. The molecule has 1 aliphatic rings. The van der Waals surface area contributed by atoms with E-state index in [1.807, 2.05) is 18.2 Å². The molecule has 4 rings (SSSR count). The molecule has 3 aromatic rings. The van der Waals surface area contributed by atoms with Crippen molar-refractivity contribution >= 4 is 5.91 Å². The van der Waals surface area contributed by atoms with Crippen LogP contribution in [-0.2, 0) is 18.0 Å². The zero-order valence-corrected chi connectivity index (χ0v) is 18.9. The Bertz CT molecular complexity index is 1080. The van der Waals surface area contributed by atoms with E-state index < -0.39 is 11.7 Å². The summed E-state index contributed by atoms with van der Waals surface area (Å²) >= 11 is 0. The summed E-state index contributed by atoms with van der Waals surface area (Å²) in [5, 5.41) is 3.09. The normalized spacial score (nSPS) is 16.2. The highest BCUT2D eigenvalue weighted by atomic mass is 19.4. The van der Waals surface area contributed by atoms with Crippen molar-refractivity contribution < 1.29 is 18.0 Å². The number of hydrogen-bond acceptors (Lipinski definition) is 3. The van der Waals surface area contributed by atoms with Gasteiger partial charge in [-0.1, -0.05) is 48.5 Å². The molecule has 1 aliphatic heterocycles. The van der Waals surface area contributed by atoms with E-state index in [1.54, 1.807) is 36.7 Å². The number of hydrogen-bond donors (Lipinski definition) is 1. The molecule has 1 saturated heterocycles. The minimum atomic E-state index is -4.34. The third-order valence-electron chi connectivity index (χ3n) is 6.75. The Morgan fingerprint density at radius 1 is 0.941 bits per heavy atom. The molecule has 7 heteroatoms. The third kappa shape index (κ3) is 5.65. The van der Waals surface area contributed by atoms with Gasteiger partial charge in [-0.3, -0.25) is 9.78 Å². The van der Waals surface area contributed by atoms with Crippen molar-refractivity contribution in [2.75, 3.05) is 26.2 Å². The molecule has 34 heavy (non-hydrogen) atoms. The highest BCUT2D eigenvalue weighted by Crippen LogP contribution is 2.36. The number of alkyl halides is 3. The number of nitrogens with zero attached hydrogens (tertiary/aromatic N) is 2. The smallest absolute Gasteiger partial charge is 0.351 e. The molecule has 2 heterocycles. The molecule has 0 unspecified atom stereocenters. The van der Waals surface area contributed by atoms with E-state index in [9.17, 15) is 18.0 Å². The summed E-state index contributed by atoms with van der Waals surface area (Å²) in [5.41, 5.74) is 1.31. The number of amides is 1. The van der Waals surface area contributed by atoms with Gasteiger partial charge in [-0.15, -0.1) is 0 Å². The minimum Gasteiger partial charge on any atom is -0.351 e. The van der Waals surface area contributed by atoms with Gasteiger partial charge in [0.25, 0.3) is 5.91 Å². The van der Waals surface area contributed by atoms with Crippen LogP contribution in [0.25, 0.3) is 0 Å². The van der Waals surface area contributed by atoms with Crippen molar-refractivity contribution in [3.05, 3.63) is 101 Å². The lowest BCUT2D eigenvalue weighted by Crippen LogP contribution is -2.49. The predicted molar refractivity (Wildman–Crippen MR) is 126 cm³/mol. The summed E-state index contributed by atoms with van der Waals surface area (Å²) in [6, 6.07) is 19.3. The van der Waals surface area contributed by atoms with Crippen molar-refractivity contribution in [3.8, 4) is 0 Å². The molecule has 178 valence electrons. The van der Waals surface area contributed by atoms with Crippen LogP contribution in [-0.4, -0.2) is 42.0 Å². The van der Waals surface area contributed by atoms with Crippen molar-refractivity contribution in [2.45, 2.75) is 30.9 Å². The van der Waals surface area contributed by atoms with Gasteiger partial charge in [0.1, 0.15) is 0 Å². The van der Waals surface area contributed by atoms with Gasteiger partial charge >= 0.3 is 6.18 Å². The highest BCUT2D eigenvalue weighted by Gasteiger charge is 2.37. The zero-order chi connectivity index (χ0) is 24.0. The zero-order valence-electron chi connectivity index (χ0n) is 18.9. The summed E-state index contributed by atoms with van der Waals surface area (Å²) < 4.78 is 40.0. The number of benzene rings is 2. The van der Waals surface area contributed by atoms with Crippen molar-refractivity contribution in [3.63, 3.8) is 0 Å². The molecular formula is C27H28F3N3O. The first-order valence-corrected chi connectivity index (χ1v) is 11.5. The average Bonchev–Trinajstić information content (AvgIpc) is 2.87. The SMILES string of the molecule is O=C(NCC1(c2ccccc2)CCN(CCc2ccccc2C(F)(F)F)CC1)c1ccncc1. The third-order valence-corrected chi connectivity index (χ3v) is 6.75. The number of nitrogens with one attached hydrogen (secondary N) is 1. The van der Waals surface area contributed by atoms with E-state index in [0.717, 1.165) is 32.0 Å². The number of pyridine rings is 1. The molecule has 0 saturated carbocycles. The maximum Gasteiger partial charge on any atom is 0.416 e. The van der Waals surface area contributed by atoms with Crippen LogP contribution in [0.3, 0.4) is 0 Å². The number of carbonyl (C=O) groups is 1. The van der Waals surface area contributed by atoms with E-state index >= 15 is 0 Å². The van der Waals surface area contributed by atoms with E-state index in [2.05, 4.69) is 27.3 Å². The second kappa shape index (κ2) is 10.4. The van der Waals surface area contributed by atoms with Crippen LogP contribution in [0.4, 0.5) is 13.2 Å². The molecule has 0 radical (unpaired) electrons. The quantitative estimate of drug-likeness (QED) is 0.526. The molecule has 0 aliphatic carbocycles. The highest BCUT2D eigenvalue weighted by molar-refractivity contribution is 5.94. The fraction of sp³-hybridized carbons (Fsp3) is 0.333. The standard InChI is InChI=1S/C27H28F3N3O/c28-27(29,30)24-9-5-4-6-21(24)12-17-33-18-13-26(14-19-33,23-7-2-1-3-8-23)20-32-25(34)22-10-15-31-16-11-22/h1-11,15-16H,12-14,17-20H2,(H,32,34). The monoisotopic (exact) mass is 467 g/mol. The largest absolute Gasteiger partial charge is 0.416 e. The maximum atomic E-state index is 13.3. The second-order valence-electron chi connectivity index (χ2n) is 8.81. The van der Waals surface area contributed by atoms with Crippen LogP contribution in [0, 0.1) is 0 Å². The Balaban J connectivity index is 1.42. The average molecular weight is 468 g/mol. The van der Waals surface area contributed by atoms with Gasteiger partial charge in [0.15, 0.2) is 0 Å². The fourth-order valence-corrected chi connectivity index (χ4v) is 4.71. The molecule has 1 amide bonds. The van der Waals surface area contributed by atoms with Crippen LogP contribution in [0.15, 0.2) is 79.1 Å². The van der Waals surface area contributed by atoms with Gasteiger partial charge < -0.3 is 10.2 Å². The second-order valence-corrected chi connectivity index (χ2v) is 8.81. The van der Waals surface area contributed by atoms with Crippen molar-refractivity contribution in [2.24, 2.45) is 0 Å². The van der Waals surface area contributed by atoms with Crippen LogP contribution in [0.2, 0.25) is 0 Å². The first-order valence-electron chi connectivity index (χ1n) is 11.5.